The Morgan fingerprint density at radius 3 is 2.79 bits per heavy atom. The van der Waals surface area contributed by atoms with Crippen LogP contribution in [0.2, 0.25) is 0 Å². The maximum absolute atomic E-state index is 11.9. The van der Waals surface area contributed by atoms with Gasteiger partial charge in [0.05, 0.1) is 5.41 Å². The number of carbonyl (C=O) groups is 1. The minimum atomic E-state index is -0.455. The van der Waals surface area contributed by atoms with Gasteiger partial charge in [0, 0.05) is 30.9 Å². The number of hydrogen-bond acceptors (Lipinski definition) is 4. The van der Waals surface area contributed by atoms with E-state index in [2.05, 4.69) is 17.1 Å². The number of piperidine rings is 1. The van der Waals surface area contributed by atoms with Crippen molar-refractivity contribution < 1.29 is 9.63 Å². The van der Waals surface area contributed by atoms with E-state index in [1.165, 1.54) is 5.69 Å². The molecule has 106 valence electrons. The highest BCUT2D eigenvalue weighted by atomic mass is 16.7. The van der Waals surface area contributed by atoms with Crippen LogP contribution < -0.4 is 0 Å². The normalized spacial score (nSPS) is 25.3. The van der Waals surface area contributed by atoms with Crippen LogP contribution in [0.5, 0.6) is 0 Å². The highest BCUT2D eigenvalue weighted by molar-refractivity contribution is 5.75. The number of rotatable bonds is 2. The molecule has 1 aromatic heterocycles. The van der Waals surface area contributed by atoms with Crippen LogP contribution in [0.3, 0.4) is 0 Å². The van der Waals surface area contributed by atoms with Crippen LogP contribution in [0.1, 0.15) is 45.7 Å². The second kappa shape index (κ2) is 5.33. The van der Waals surface area contributed by atoms with E-state index in [1.807, 2.05) is 26.8 Å². The van der Waals surface area contributed by atoms with Crippen molar-refractivity contribution in [2.75, 3.05) is 13.1 Å². The van der Waals surface area contributed by atoms with Crippen molar-refractivity contribution in [3.05, 3.63) is 18.0 Å². The molecule has 0 spiro atoms. The largest absolute Gasteiger partial charge is 0.367 e. The van der Waals surface area contributed by atoms with E-state index in [4.69, 9.17) is 4.84 Å². The summed E-state index contributed by atoms with van der Waals surface area (Å²) in [5, 5.41) is 8.85. The second-order valence-corrected chi connectivity index (χ2v) is 6.40. The van der Waals surface area contributed by atoms with Crippen molar-refractivity contribution in [1.29, 1.82) is 0 Å². The summed E-state index contributed by atoms with van der Waals surface area (Å²) < 4.78 is 0. The fourth-order valence-corrected chi connectivity index (χ4v) is 2.38. The fourth-order valence-electron chi connectivity index (χ4n) is 2.38. The molecule has 5 nitrogen and oxygen atoms in total. The lowest BCUT2D eigenvalue weighted by atomic mass is 9.85. The Morgan fingerprint density at radius 1 is 1.53 bits per heavy atom. The lowest BCUT2D eigenvalue weighted by molar-refractivity contribution is -0.208. The number of H-pyrrole nitrogens is 1. The van der Waals surface area contributed by atoms with E-state index in [-0.39, 0.29) is 5.97 Å². The molecule has 0 amide bonds. The minimum Gasteiger partial charge on any atom is -0.367 e. The Balaban J connectivity index is 1.92. The first-order valence-corrected chi connectivity index (χ1v) is 6.84. The number of nitrogens with zero attached hydrogens (tertiary/aromatic N) is 2. The molecule has 0 radical (unpaired) electrons. The predicted octanol–water partition coefficient (Wildman–Crippen LogP) is 2.34. The summed E-state index contributed by atoms with van der Waals surface area (Å²) in [4.78, 5) is 17.3. The third kappa shape index (κ3) is 3.35. The van der Waals surface area contributed by atoms with E-state index < -0.39 is 5.41 Å². The van der Waals surface area contributed by atoms with Crippen LogP contribution in [0, 0.1) is 11.3 Å². The van der Waals surface area contributed by atoms with Gasteiger partial charge in [-0.2, -0.15) is 5.10 Å². The summed E-state index contributed by atoms with van der Waals surface area (Å²) in [6.07, 6.45) is 2.76. The molecule has 5 heteroatoms. The van der Waals surface area contributed by atoms with Crippen LogP contribution in [-0.4, -0.2) is 34.3 Å². The van der Waals surface area contributed by atoms with Crippen molar-refractivity contribution in [2.45, 2.75) is 40.0 Å². The molecule has 0 aliphatic carbocycles. The number of aromatic amines is 1. The molecule has 2 heterocycles. The maximum atomic E-state index is 11.9. The van der Waals surface area contributed by atoms with Crippen molar-refractivity contribution in [3.63, 3.8) is 0 Å². The molecular weight excluding hydrogens is 242 g/mol. The van der Waals surface area contributed by atoms with E-state index in [9.17, 15) is 4.79 Å². The van der Waals surface area contributed by atoms with Gasteiger partial charge in [-0.15, -0.1) is 5.06 Å². The van der Waals surface area contributed by atoms with Gasteiger partial charge >= 0.3 is 5.97 Å². The number of hydroxylamine groups is 2. The van der Waals surface area contributed by atoms with Gasteiger partial charge in [0.15, 0.2) is 0 Å². The Labute approximate surface area is 114 Å². The first-order valence-electron chi connectivity index (χ1n) is 6.84. The molecule has 2 rings (SSSR count). The van der Waals surface area contributed by atoms with Crippen molar-refractivity contribution in [1.82, 2.24) is 15.3 Å². The van der Waals surface area contributed by atoms with E-state index in [0.29, 0.717) is 11.8 Å². The summed E-state index contributed by atoms with van der Waals surface area (Å²) in [7, 11) is 0. The highest BCUT2D eigenvalue weighted by Crippen LogP contribution is 2.32. The lowest BCUT2D eigenvalue weighted by Crippen LogP contribution is -2.42. The summed E-state index contributed by atoms with van der Waals surface area (Å²) >= 11 is 0. The van der Waals surface area contributed by atoms with Gasteiger partial charge in [0.2, 0.25) is 0 Å². The van der Waals surface area contributed by atoms with Crippen LogP contribution >= 0.6 is 0 Å². The average molecular weight is 265 g/mol. The molecule has 19 heavy (non-hydrogen) atoms. The maximum Gasteiger partial charge on any atom is 0.330 e. The molecule has 1 fully saturated rings. The van der Waals surface area contributed by atoms with Crippen molar-refractivity contribution in [2.24, 2.45) is 11.3 Å². The third-order valence-electron chi connectivity index (χ3n) is 3.61. The molecule has 1 N–H and O–H groups in total. The zero-order chi connectivity index (χ0) is 14.0. The molecule has 2 unspecified atom stereocenters. The van der Waals surface area contributed by atoms with Crippen LogP contribution in [0.15, 0.2) is 12.3 Å². The molecule has 0 aromatic carbocycles. The van der Waals surface area contributed by atoms with Crippen molar-refractivity contribution >= 4 is 5.97 Å². The van der Waals surface area contributed by atoms with Crippen LogP contribution in [0.4, 0.5) is 0 Å². The average Bonchev–Trinajstić information content (AvgIpc) is 2.81. The number of nitrogens with one attached hydrogen (secondary N) is 1. The van der Waals surface area contributed by atoms with Gasteiger partial charge in [-0.05, 0) is 39.2 Å². The molecule has 1 aromatic rings. The fraction of sp³-hybridized carbons (Fsp3) is 0.714. The van der Waals surface area contributed by atoms with E-state index in [1.54, 1.807) is 11.3 Å². The van der Waals surface area contributed by atoms with Gasteiger partial charge in [-0.1, -0.05) is 6.92 Å². The van der Waals surface area contributed by atoms with Crippen LogP contribution in [0.25, 0.3) is 0 Å². The predicted molar refractivity (Wildman–Crippen MR) is 72.2 cm³/mol. The van der Waals surface area contributed by atoms with Gasteiger partial charge in [0.1, 0.15) is 0 Å². The Hall–Kier alpha value is -1.36. The van der Waals surface area contributed by atoms with Gasteiger partial charge in [0.25, 0.3) is 0 Å². The van der Waals surface area contributed by atoms with Gasteiger partial charge < -0.3 is 4.84 Å². The summed E-state index contributed by atoms with van der Waals surface area (Å²) in [5.41, 5.74) is 0.720. The number of hydrogen-bond donors (Lipinski definition) is 1. The number of aromatic nitrogens is 2. The van der Waals surface area contributed by atoms with Crippen LogP contribution in [-0.2, 0) is 9.63 Å². The Kier molecular flexibility index (Phi) is 3.94. The first-order chi connectivity index (χ1) is 8.88. The number of carbonyl (C=O) groups excluding carboxylic acids is 1. The first kappa shape index (κ1) is 14.1. The summed E-state index contributed by atoms with van der Waals surface area (Å²) in [5.74, 6) is 0.730. The quantitative estimate of drug-likeness (QED) is 0.891. The lowest BCUT2D eigenvalue weighted by Gasteiger charge is -2.36. The smallest absolute Gasteiger partial charge is 0.330 e. The zero-order valence-electron chi connectivity index (χ0n) is 12.1. The molecular formula is C14H23N3O2. The molecule has 2 atom stereocenters. The standard InChI is InChI=1S/C14H23N3O2/c1-10-9-17(19-13(18)14(2,3)4)8-6-11(10)12-5-7-15-16-12/h5,7,10-11H,6,8-9H2,1-4H3,(H,15,16). The Morgan fingerprint density at radius 2 is 2.26 bits per heavy atom. The topological polar surface area (TPSA) is 58.2 Å². The second-order valence-electron chi connectivity index (χ2n) is 6.40. The highest BCUT2D eigenvalue weighted by Gasteiger charge is 2.32. The molecule has 0 saturated carbocycles. The SMILES string of the molecule is CC1CN(OC(=O)C(C)(C)C)CCC1c1ccn[nH]1. The molecule has 0 bridgehead atoms. The Bertz CT molecular complexity index is 422. The monoisotopic (exact) mass is 265 g/mol. The summed E-state index contributed by atoms with van der Waals surface area (Å²) in [6, 6.07) is 2.03. The van der Waals surface area contributed by atoms with E-state index in [0.717, 1.165) is 19.5 Å². The zero-order valence-corrected chi connectivity index (χ0v) is 12.1. The van der Waals surface area contributed by atoms with Crippen molar-refractivity contribution in [3.8, 4) is 0 Å². The molecule has 1 aliphatic rings. The minimum absolute atomic E-state index is 0.167. The molecule has 1 saturated heterocycles. The summed E-state index contributed by atoms with van der Waals surface area (Å²) in [6.45, 7) is 9.34. The third-order valence-corrected chi connectivity index (χ3v) is 3.61. The van der Waals surface area contributed by atoms with E-state index >= 15 is 0 Å². The van der Waals surface area contributed by atoms with Gasteiger partial charge in [-0.3, -0.25) is 5.10 Å². The van der Waals surface area contributed by atoms with Gasteiger partial charge in [-0.25, -0.2) is 4.79 Å². The molecule has 1 aliphatic heterocycles.